The lowest BCUT2D eigenvalue weighted by Gasteiger charge is -2.27. The maximum atomic E-state index is 12.2. The quantitative estimate of drug-likeness (QED) is 0.293. The molecule has 1 heterocycles. The van der Waals surface area contributed by atoms with Crippen molar-refractivity contribution in [3.8, 4) is 0 Å². The number of benzene rings is 1. The van der Waals surface area contributed by atoms with E-state index in [1.807, 2.05) is 24.3 Å². The minimum atomic E-state index is -1.37. The number of rotatable bonds is 11. The Morgan fingerprint density at radius 2 is 1.90 bits per heavy atom. The average Bonchev–Trinajstić information content (AvgIpc) is 3.12. The van der Waals surface area contributed by atoms with Crippen LogP contribution in [-0.2, 0) is 20.8 Å². The zero-order valence-corrected chi connectivity index (χ0v) is 17.1. The predicted octanol–water partition coefficient (Wildman–Crippen LogP) is 0.556. The maximum absolute atomic E-state index is 12.2. The highest BCUT2D eigenvalue weighted by Gasteiger charge is 2.32. The summed E-state index contributed by atoms with van der Waals surface area (Å²) >= 11 is 0. The molecule has 0 aliphatic carbocycles. The van der Waals surface area contributed by atoms with E-state index in [4.69, 9.17) is 0 Å². The van der Waals surface area contributed by atoms with Crippen LogP contribution in [-0.4, -0.2) is 63.4 Å². The van der Waals surface area contributed by atoms with E-state index in [0.29, 0.717) is 0 Å². The van der Waals surface area contributed by atoms with Crippen molar-refractivity contribution in [1.29, 1.82) is 0 Å². The van der Waals surface area contributed by atoms with Gasteiger partial charge in [0.25, 0.3) is 0 Å². The van der Waals surface area contributed by atoms with E-state index in [-0.39, 0.29) is 32.4 Å². The third-order valence-electron chi connectivity index (χ3n) is 5.01. The molecule has 2 amide bonds. The van der Waals surface area contributed by atoms with Gasteiger partial charge in [-0.2, -0.15) is 0 Å². The highest BCUT2D eigenvalue weighted by molar-refractivity contribution is 5.86. The fraction of sp³-hybridized carbons (Fsp3) is 0.476. The number of aromatic amines is 1. The van der Waals surface area contributed by atoms with Crippen molar-refractivity contribution in [1.82, 2.24) is 15.6 Å². The number of nitrogens with one attached hydrogen (secondary N) is 3. The number of hydrogen-bond acceptors (Lipinski definition) is 5. The molecular formula is C21H29N3O6. The molecule has 1 aromatic carbocycles. The SMILES string of the molecule is CC(C)(CO)[C@@H](O)C(=O)NCCCC(=O)N[C@@H](Cc1c[nH]c2ccccc12)C(=O)O. The number of carbonyl (C=O) groups is 3. The summed E-state index contributed by atoms with van der Waals surface area (Å²) in [6.07, 6.45) is 0.816. The number of fused-ring (bicyclic) bond motifs is 1. The van der Waals surface area contributed by atoms with Gasteiger partial charge in [-0.15, -0.1) is 0 Å². The number of aromatic nitrogens is 1. The van der Waals surface area contributed by atoms with E-state index >= 15 is 0 Å². The van der Waals surface area contributed by atoms with Crippen molar-refractivity contribution >= 4 is 28.7 Å². The molecule has 0 saturated heterocycles. The molecule has 6 N–H and O–H groups in total. The molecule has 0 saturated carbocycles. The van der Waals surface area contributed by atoms with Crippen LogP contribution >= 0.6 is 0 Å². The van der Waals surface area contributed by atoms with Crippen LogP contribution in [0.5, 0.6) is 0 Å². The molecule has 30 heavy (non-hydrogen) atoms. The molecule has 0 radical (unpaired) electrons. The highest BCUT2D eigenvalue weighted by atomic mass is 16.4. The largest absolute Gasteiger partial charge is 0.480 e. The van der Waals surface area contributed by atoms with Crippen LogP contribution in [0.1, 0.15) is 32.3 Å². The summed E-state index contributed by atoms with van der Waals surface area (Å²) in [5.41, 5.74) is 0.717. The van der Waals surface area contributed by atoms with Crippen molar-refractivity contribution in [2.75, 3.05) is 13.2 Å². The predicted molar refractivity (Wildman–Crippen MR) is 111 cm³/mol. The Morgan fingerprint density at radius 3 is 2.57 bits per heavy atom. The van der Waals surface area contributed by atoms with Gasteiger partial charge in [-0.1, -0.05) is 32.0 Å². The molecule has 0 bridgehead atoms. The number of H-pyrrole nitrogens is 1. The fourth-order valence-electron chi connectivity index (χ4n) is 2.99. The number of carboxylic acid groups (broad SMARTS) is 1. The van der Waals surface area contributed by atoms with Gasteiger partial charge in [0, 0.05) is 41.9 Å². The first-order chi connectivity index (χ1) is 14.2. The van der Waals surface area contributed by atoms with E-state index in [1.165, 1.54) is 0 Å². The molecule has 1 aromatic heterocycles. The standard InChI is InChI=1S/C21H29N3O6/c1-21(2,12-25)18(27)19(28)22-9-5-8-17(26)24-16(20(29)30)10-13-11-23-15-7-4-3-6-14(13)15/h3-4,6-7,11,16,18,23,25,27H,5,8-10,12H2,1-2H3,(H,22,28)(H,24,26)(H,29,30)/t16-,18-/m0/s1. The summed E-state index contributed by atoms with van der Waals surface area (Å²) in [6, 6.07) is 6.44. The van der Waals surface area contributed by atoms with Gasteiger partial charge in [-0.25, -0.2) is 4.79 Å². The molecule has 9 nitrogen and oxygen atoms in total. The number of carbonyl (C=O) groups excluding carboxylic acids is 2. The van der Waals surface area contributed by atoms with Gasteiger partial charge in [0.15, 0.2) is 0 Å². The zero-order valence-electron chi connectivity index (χ0n) is 17.1. The third kappa shape index (κ3) is 6.04. The molecule has 2 rings (SSSR count). The number of amides is 2. The monoisotopic (exact) mass is 419 g/mol. The number of aliphatic carboxylic acids is 1. The molecule has 2 atom stereocenters. The molecule has 0 spiro atoms. The van der Waals surface area contributed by atoms with Crippen LogP contribution in [0.4, 0.5) is 0 Å². The van der Waals surface area contributed by atoms with Crippen LogP contribution in [0, 0.1) is 5.41 Å². The molecule has 164 valence electrons. The van der Waals surface area contributed by atoms with Crippen LogP contribution in [0.2, 0.25) is 0 Å². The number of aliphatic hydroxyl groups excluding tert-OH is 2. The van der Waals surface area contributed by atoms with E-state index in [0.717, 1.165) is 16.5 Å². The number of para-hydroxylation sites is 1. The number of carboxylic acids is 1. The summed E-state index contributed by atoms with van der Waals surface area (Å²) in [6.45, 7) is 2.91. The van der Waals surface area contributed by atoms with Crippen LogP contribution in [0.3, 0.4) is 0 Å². The lowest BCUT2D eigenvalue weighted by atomic mass is 9.87. The third-order valence-corrected chi connectivity index (χ3v) is 5.01. The Hall–Kier alpha value is -2.91. The van der Waals surface area contributed by atoms with Crippen molar-refractivity contribution in [3.05, 3.63) is 36.0 Å². The molecule has 0 fully saturated rings. The first-order valence-corrected chi connectivity index (χ1v) is 9.79. The van der Waals surface area contributed by atoms with E-state index in [2.05, 4.69) is 15.6 Å². The Labute approximate surface area is 174 Å². The Morgan fingerprint density at radius 1 is 1.20 bits per heavy atom. The first-order valence-electron chi connectivity index (χ1n) is 9.79. The Bertz CT molecular complexity index is 892. The second kappa shape index (κ2) is 10.2. The summed E-state index contributed by atoms with van der Waals surface area (Å²) in [7, 11) is 0. The maximum Gasteiger partial charge on any atom is 0.326 e. The normalized spacial score (nSPS) is 13.6. The van der Waals surface area contributed by atoms with Crippen molar-refractivity contribution in [2.24, 2.45) is 5.41 Å². The van der Waals surface area contributed by atoms with E-state index in [9.17, 15) is 29.7 Å². The molecule has 0 aliphatic heterocycles. The Kier molecular flexibility index (Phi) is 7.96. The first kappa shape index (κ1) is 23.4. The Balaban J connectivity index is 1.82. The minimum absolute atomic E-state index is 0.0252. The van der Waals surface area contributed by atoms with Gasteiger partial charge < -0.3 is 30.9 Å². The average molecular weight is 419 g/mol. The smallest absolute Gasteiger partial charge is 0.326 e. The lowest BCUT2D eigenvalue weighted by molar-refractivity contribution is -0.141. The number of aliphatic hydroxyl groups is 2. The second-order valence-corrected chi connectivity index (χ2v) is 7.97. The van der Waals surface area contributed by atoms with Gasteiger partial charge in [-0.3, -0.25) is 9.59 Å². The van der Waals surface area contributed by atoms with E-state index in [1.54, 1.807) is 20.0 Å². The highest BCUT2D eigenvalue weighted by Crippen LogP contribution is 2.20. The van der Waals surface area contributed by atoms with E-state index < -0.39 is 35.3 Å². The topological polar surface area (TPSA) is 152 Å². The second-order valence-electron chi connectivity index (χ2n) is 7.97. The molecule has 9 heteroatoms. The van der Waals surface area contributed by atoms with Gasteiger partial charge in [0.1, 0.15) is 12.1 Å². The fourth-order valence-corrected chi connectivity index (χ4v) is 2.99. The van der Waals surface area contributed by atoms with Gasteiger partial charge >= 0.3 is 5.97 Å². The van der Waals surface area contributed by atoms with Crippen LogP contribution in [0.25, 0.3) is 10.9 Å². The molecule has 0 unspecified atom stereocenters. The molecule has 2 aromatic rings. The van der Waals surface area contributed by atoms with Crippen molar-refractivity contribution < 1.29 is 29.7 Å². The molecular weight excluding hydrogens is 390 g/mol. The number of hydrogen-bond donors (Lipinski definition) is 6. The van der Waals surface area contributed by atoms with Gasteiger partial charge in [0.05, 0.1) is 6.61 Å². The van der Waals surface area contributed by atoms with Crippen LogP contribution in [0.15, 0.2) is 30.5 Å². The zero-order chi connectivity index (χ0) is 22.3. The van der Waals surface area contributed by atoms with Crippen molar-refractivity contribution in [2.45, 2.75) is 45.3 Å². The van der Waals surface area contributed by atoms with Gasteiger partial charge in [0.2, 0.25) is 11.8 Å². The van der Waals surface area contributed by atoms with Crippen molar-refractivity contribution in [3.63, 3.8) is 0 Å². The summed E-state index contributed by atoms with van der Waals surface area (Å²) in [4.78, 5) is 38.7. The van der Waals surface area contributed by atoms with Gasteiger partial charge in [-0.05, 0) is 18.1 Å². The molecule has 0 aliphatic rings. The lowest BCUT2D eigenvalue weighted by Crippen LogP contribution is -2.46. The summed E-state index contributed by atoms with van der Waals surface area (Å²) in [5.74, 6) is -2.19. The summed E-state index contributed by atoms with van der Waals surface area (Å²) < 4.78 is 0. The summed E-state index contributed by atoms with van der Waals surface area (Å²) in [5, 5.41) is 34.5. The van der Waals surface area contributed by atoms with Crippen LogP contribution < -0.4 is 10.6 Å². The minimum Gasteiger partial charge on any atom is -0.480 e.